The number of alkyl halides is 2. The second-order valence-corrected chi connectivity index (χ2v) is 6.45. The van der Waals surface area contributed by atoms with Crippen LogP contribution in [0.4, 0.5) is 8.78 Å². The number of rotatable bonds is 8. The van der Waals surface area contributed by atoms with E-state index in [1.165, 1.54) is 12.1 Å². The molecule has 0 unspecified atom stereocenters. The van der Waals surface area contributed by atoms with Gasteiger partial charge in [0.2, 0.25) is 0 Å². The number of carbonyl (C=O) groups is 1. The number of unbranched alkanes of at least 4 members (excludes halogenated alkanes) is 1. The second kappa shape index (κ2) is 8.21. The van der Waals surface area contributed by atoms with Crippen LogP contribution in [0, 0.1) is 0 Å². The van der Waals surface area contributed by atoms with Gasteiger partial charge in [-0.3, -0.25) is 10.1 Å². The molecular formula is C21H21F2N3O2. The van der Waals surface area contributed by atoms with Gasteiger partial charge in [-0.25, -0.2) is 4.99 Å². The summed E-state index contributed by atoms with van der Waals surface area (Å²) in [6, 6.07) is 13.4. The van der Waals surface area contributed by atoms with Crippen molar-refractivity contribution in [3.8, 4) is 5.75 Å². The molecule has 3 N–H and O–H groups in total. The van der Waals surface area contributed by atoms with Crippen molar-refractivity contribution in [1.29, 1.82) is 0 Å². The molecule has 1 aliphatic heterocycles. The van der Waals surface area contributed by atoms with Gasteiger partial charge in [-0.15, -0.1) is 6.58 Å². The van der Waals surface area contributed by atoms with Crippen LogP contribution < -0.4 is 15.8 Å². The Bertz CT molecular complexity index is 897. The first-order valence-electron chi connectivity index (χ1n) is 8.88. The minimum Gasteiger partial charge on any atom is -0.435 e. The van der Waals surface area contributed by atoms with Crippen molar-refractivity contribution in [3.05, 3.63) is 77.9 Å². The summed E-state index contributed by atoms with van der Waals surface area (Å²) in [7, 11) is 0. The van der Waals surface area contributed by atoms with Gasteiger partial charge in [-0.2, -0.15) is 8.78 Å². The lowest BCUT2D eigenvalue weighted by Crippen LogP contribution is -2.39. The van der Waals surface area contributed by atoms with Gasteiger partial charge in [-0.05, 0) is 48.1 Å². The van der Waals surface area contributed by atoms with Crippen LogP contribution in [-0.2, 0) is 16.8 Å². The Morgan fingerprint density at radius 3 is 2.57 bits per heavy atom. The predicted molar refractivity (Wildman–Crippen MR) is 103 cm³/mol. The second-order valence-electron chi connectivity index (χ2n) is 6.45. The highest BCUT2D eigenvalue weighted by atomic mass is 19.3. The van der Waals surface area contributed by atoms with Crippen LogP contribution >= 0.6 is 0 Å². The quantitative estimate of drug-likeness (QED) is 0.540. The van der Waals surface area contributed by atoms with E-state index in [1.807, 2.05) is 30.3 Å². The van der Waals surface area contributed by atoms with Crippen molar-refractivity contribution in [2.45, 2.75) is 31.4 Å². The van der Waals surface area contributed by atoms with Gasteiger partial charge in [0.1, 0.15) is 5.75 Å². The average Bonchev–Trinajstić information content (AvgIpc) is 2.97. The molecule has 0 bridgehead atoms. The van der Waals surface area contributed by atoms with Gasteiger partial charge < -0.3 is 10.5 Å². The third kappa shape index (κ3) is 3.88. The maximum absolute atomic E-state index is 12.9. The molecule has 2 aromatic carbocycles. The van der Waals surface area contributed by atoms with Crippen molar-refractivity contribution < 1.29 is 18.3 Å². The lowest BCUT2D eigenvalue weighted by atomic mass is 9.82. The average molecular weight is 385 g/mol. The zero-order valence-corrected chi connectivity index (χ0v) is 15.2. The summed E-state index contributed by atoms with van der Waals surface area (Å²) in [6.07, 6.45) is 4.53. The molecule has 7 heteroatoms. The van der Waals surface area contributed by atoms with Crippen molar-refractivity contribution in [1.82, 2.24) is 5.32 Å². The van der Waals surface area contributed by atoms with Crippen LogP contribution in [0.25, 0.3) is 0 Å². The van der Waals surface area contributed by atoms with Crippen LogP contribution in [0.5, 0.6) is 5.75 Å². The normalized spacial score (nSPS) is 18.7. The van der Waals surface area contributed by atoms with E-state index in [2.05, 4.69) is 21.6 Å². The number of carbonyl (C=O) groups excluding carboxylic acids is 1. The fraction of sp³-hybridized carbons (Fsp3) is 0.238. The van der Waals surface area contributed by atoms with Crippen LogP contribution in [0.3, 0.4) is 0 Å². The monoisotopic (exact) mass is 385 g/mol. The Labute approximate surface area is 161 Å². The highest BCUT2D eigenvalue weighted by molar-refractivity contribution is 6.09. The third-order valence-corrected chi connectivity index (χ3v) is 4.57. The molecule has 2 aromatic rings. The topological polar surface area (TPSA) is 76.7 Å². The molecule has 0 aliphatic carbocycles. The lowest BCUT2D eigenvalue weighted by molar-refractivity contribution is -0.122. The minimum absolute atomic E-state index is 0.00225. The minimum atomic E-state index is -2.92. The Morgan fingerprint density at radius 2 is 1.96 bits per heavy atom. The molecule has 0 saturated carbocycles. The largest absolute Gasteiger partial charge is 0.435 e. The molecule has 0 saturated heterocycles. The van der Waals surface area contributed by atoms with Crippen molar-refractivity contribution in [2.75, 3.05) is 0 Å². The van der Waals surface area contributed by atoms with Gasteiger partial charge in [-0.1, -0.05) is 42.5 Å². The number of aliphatic imine (C=N–C) groups is 1. The smallest absolute Gasteiger partial charge is 0.387 e. The molecule has 1 atom stereocenters. The van der Waals surface area contributed by atoms with Crippen molar-refractivity contribution in [3.63, 3.8) is 0 Å². The predicted octanol–water partition coefficient (Wildman–Crippen LogP) is 3.48. The van der Waals surface area contributed by atoms with Crippen molar-refractivity contribution >= 4 is 11.9 Å². The molecule has 0 radical (unpaired) electrons. The molecule has 5 nitrogen and oxygen atoms in total. The molecule has 28 heavy (non-hydrogen) atoms. The summed E-state index contributed by atoms with van der Waals surface area (Å²) in [6.45, 7) is 0.804. The van der Waals surface area contributed by atoms with E-state index >= 15 is 0 Å². The van der Waals surface area contributed by atoms with Crippen LogP contribution in [0.15, 0.2) is 66.2 Å². The number of halogens is 2. The highest BCUT2D eigenvalue weighted by Crippen LogP contribution is 2.38. The first kappa shape index (κ1) is 19.5. The molecule has 146 valence electrons. The van der Waals surface area contributed by atoms with Gasteiger partial charge in [0.15, 0.2) is 11.5 Å². The Hall–Kier alpha value is -3.22. The first-order chi connectivity index (χ1) is 13.5. The molecule has 0 fully saturated rings. The molecule has 0 aromatic heterocycles. The molecular weight excluding hydrogens is 364 g/mol. The van der Waals surface area contributed by atoms with Crippen LogP contribution in [0.1, 0.15) is 29.5 Å². The number of allylic oxidation sites excluding steroid dienone is 1. The molecule has 0 spiro atoms. The summed E-state index contributed by atoms with van der Waals surface area (Å²) in [5, 5.41) is 2.55. The number of nitrogens with zero attached hydrogens (tertiary/aromatic N) is 1. The Balaban J connectivity index is 2.02. The van der Waals surface area contributed by atoms with Crippen molar-refractivity contribution in [2.24, 2.45) is 10.7 Å². The SMILES string of the molecule is C=CCCCc1cccc([C@]2(c3ccc(OC(F)F)cc3)N=C(N)NC2=O)c1. The van der Waals surface area contributed by atoms with E-state index in [1.54, 1.807) is 12.1 Å². The highest BCUT2D eigenvalue weighted by Gasteiger charge is 2.46. The number of amides is 1. The zero-order valence-electron chi connectivity index (χ0n) is 15.2. The van der Waals surface area contributed by atoms with Crippen LogP contribution in [0.2, 0.25) is 0 Å². The molecule has 1 amide bonds. The van der Waals surface area contributed by atoms with E-state index in [9.17, 15) is 13.6 Å². The summed E-state index contributed by atoms with van der Waals surface area (Å²) in [4.78, 5) is 17.3. The number of benzene rings is 2. The maximum Gasteiger partial charge on any atom is 0.387 e. The number of hydrogen-bond donors (Lipinski definition) is 2. The summed E-state index contributed by atoms with van der Waals surface area (Å²) in [5.74, 6) is -0.381. The third-order valence-electron chi connectivity index (χ3n) is 4.57. The van der Waals surface area contributed by atoms with E-state index in [0.717, 1.165) is 24.8 Å². The Morgan fingerprint density at radius 1 is 1.21 bits per heavy atom. The van der Waals surface area contributed by atoms with Gasteiger partial charge in [0.05, 0.1) is 0 Å². The maximum atomic E-state index is 12.9. The van der Waals surface area contributed by atoms with E-state index in [4.69, 9.17) is 5.73 Å². The van der Waals surface area contributed by atoms with Gasteiger partial charge in [0, 0.05) is 0 Å². The summed E-state index contributed by atoms with van der Waals surface area (Å²) in [5.41, 5.74) is 6.64. The fourth-order valence-electron chi connectivity index (χ4n) is 3.30. The molecule has 1 heterocycles. The number of hydrogen-bond acceptors (Lipinski definition) is 4. The number of ether oxygens (including phenoxy) is 1. The van der Waals surface area contributed by atoms with Gasteiger partial charge >= 0.3 is 6.61 Å². The van der Waals surface area contributed by atoms with E-state index < -0.39 is 18.1 Å². The number of guanidine groups is 1. The number of nitrogens with two attached hydrogens (primary N) is 1. The van der Waals surface area contributed by atoms with E-state index in [-0.39, 0.29) is 11.7 Å². The first-order valence-corrected chi connectivity index (χ1v) is 8.88. The molecule has 3 rings (SSSR count). The van der Waals surface area contributed by atoms with E-state index in [0.29, 0.717) is 11.1 Å². The molecule has 1 aliphatic rings. The van der Waals surface area contributed by atoms with Gasteiger partial charge in [0.25, 0.3) is 5.91 Å². The lowest BCUT2D eigenvalue weighted by Gasteiger charge is -2.25. The summed E-state index contributed by atoms with van der Waals surface area (Å²) >= 11 is 0. The Kier molecular flexibility index (Phi) is 5.73. The number of aryl methyl sites for hydroxylation is 1. The number of nitrogens with one attached hydrogen (secondary N) is 1. The summed E-state index contributed by atoms with van der Waals surface area (Å²) < 4.78 is 29.2. The van der Waals surface area contributed by atoms with Crippen LogP contribution in [-0.4, -0.2) is 18.5 Å². The fourth-order valence-corrected chi connectivity index (χ4v) is 3.30. The zero-order chi connectivity index (χ0) is 20.1. The standard InChI is InChI=1S/C21H21F2N3O2/c1-2-3-4-6-14-7-5-8-16(13-14)21(18(27)25-20(24)26-21)15-9-11-17(12-10-15)28-19(22)23/h2,5,7-13,19H,1,3-4,6H2,(H3,24,25,26,27)/t21-/m0/s1.